The number of nitrogens with zero attached hydrogens (tertiary/aromatic N) is 3. The zero-order valence-electron chi connectivity index (χ0n) is 13.0. The molecule has 0 spiro atoms. The highest BCUT2D eigenvalue weighted by Crippen LogP contribution is 2.24. The fourth-order valence-electron chi connectivity index (χ4n) is 1.84. The van der Waals surface area contributed by atoms with E-state index in [9.17, 15) is 0 Å². The van der Waals surface area contributed by atoms with Crippen LogP contribution in [0, 0.1) is 5.92 Å². The van der Waals surface area contributed by atoms with Crippen LogP contribution in [-0.2, 0) is 6.54 Å². The van der Waals surface area contributed by atoms with Crippen molar-refractivity contribution in [3.05, 3.63) is 30.2 Å². The number of hydrogen-bond donors (Lipinski definition) is 1. The number of anilines is 2. The number of hydrogen-bond acceptors (Lipinski definition) is 6. The Kier molecular flexibility index (Phi) is 5.16. The highest BCUT2D eigenvalue weighted by molar-refractivity contribution is 5.56. The summed E-state index contributed by atoms with van der Waals surface area (Å²) in [6.07, 6.45) is 0. The fourth-order valence-corrected chi connectivity index (χ4v) is 1.84. The fraction of sp³-hybridized carbons (Fsp3) is 0.467. The van der Waals surface area contributed by atoms with E-state index in [0.717, 1.165) is 18.0 Å². The molecule has 21 heavy (non-hydrogen) atoms. The van der Waals surface area contributed by atoms with Gasteiger partial charge in [0.15, 0.2) is 0 Å². The summed E-state index contributed by atoms with van der Waals surface area (Å²) in [7, 11) is 3.54. The van der Waals surface area contributed by atoms with E-state index in [0.29, 0.717) is 24.4 Å². The lowest BCUT2D eigenvalue weighted by Crippen LogP contribution is -2.19. The molecule has 6 nitrogen and oxygen atoms in total. The van der Waals surface area contributed by atoms with Crippen LogP contribution in [0.3, 0.4) is 0 Å². The Bertz CT molecular complexity index is 551. The van der Waals surface area contributed by atoms with Crippen molar-refractivity contribution in [2.75, 3.05) is 25.6 Å². The molecule has 0 atom stereocenters. The summed E-state index contributed by atoms with van der Waals surface area (Å²) in [5.74, 6) is 2.00. The molecule has 1 heterocycles. The van der Waals surface area contributed by atoms with Gasteiger partial charge in [-0.3, -0.25) is 4.90 Å². The zero-order chi connectivity index (χ0) is 15.2. The van der Waals surface area contributed by atoms with Gasteiger partial charge in [0, 0.05) is 12.7 Å². The molecule has 0 amide bonds. The highest BCUT2D eigenvalue weighted by atomic mass is 16.5. The quantitative estimate of drug-likeness (QED) is 0.845. The number of rotatable bonds is 7. The smallest absolute Gasteiger partial charge is 0.322 e. The Labute approximate surface area is 125 Å². The maximum absolute atomic E-state index is 5.65. The average molecular weight is 290 g/mol. The normalized spacial score (nSPS) is 10.9. The lowest BCUT2D eigenvalue weighted by molar-refractivity contribution is 0.415. The molecule has 114 valence electrons. The van der Waals surface area contributed by atoms with Gasteiger partial charge in [-0.2, -0.15) is 0 Å². The van der Waals surface area contributed by atoms with Crippen LogP contribution in [0.25, 0.3) is 0 Å². The molecular formula is C15H22N4O2. The van der Waals surface area contributed by atoms with E-state index in [-0.39, 0.29) is 0 Å². The molecule has 1 aromatic carbocycles. The second-order valence-electron chi connectivity index (χ2n) is 5.26. The summed E-state index contributed by atoms with van der Waals surface area (Å²) >= 11 is 0. The number of aromatic nitrogens is 2. The Hall–Kier alpha value is -2.08. The van der Waals surface area contributed by atoms with Crippen molar-refractivity contribution < 1.29 is 9.15 Å². The first kappa shape index (κ1) is 15.3. The van der Waals surface area contributed by atoms with Crippen LogP contribution < -0.4 is 15.0 Å². The van der Waals surface area contributed by atoms with E-state index >= 15 is 0 Å². The topological polar surface area (TPSA) is 63.4 Å². The van der Waals surface area contributed by atoms with Crippen LogP contribution in [0.15, 0.2) is 28.7 Å². The van der Waals surface area contributed by atoms with Gasteiger partial charge in [0.05, 0.1) is 13.7 Å². The Balaban J connectivity index is 1.98. The second kappa shape index (κ2) is 7.08. The minimum Gasteiger partial charge on any atom is -0.497 e. The van der Waals surface area contributed by atoms with Crippen LogP contribution in [0.5, 0.6) is 5.75 Å². The van der Waals surface area contributed by atoms with Gasteiger partial charge in [-0.1, -0.05) is 18.9 Å². The monoisotopic (exact) mass is 290 g/mol. The summed E-state index contributed by atoms with van der Waals surface area (Å²) < 4.78 is 10.8. The van der Waals surface area contributed by atoms with E-state index < -0.39 is 0 Å². The maximum atomic E-state index is 5.65. The molecule has 0 fully saturated rings. The first-order valence-corrected chi connectivity index (χ1v) is 7.01. The predicted octanol–water partition coefficient (Wildman–Crippen LogP) is 2.59. The van der Waals surface area contributed by atoms with E-state index in [1.807, 2.05) is 36.2 Å². The summed E-state index contributed by atoms with van der Waals surface area (Å²) in [4.78, 5) is 1.85. The lowest BCUT2D eigenvalue weighted by atomic mass is 10.2. The van der Waals surface area contributed by atoms with Crippen LogP contribution in [0.1, 0.15) is 19.7 Å². The van der Waals surface area contributed by atoms with E-state index in [4.69, 9.17) is 9.15 Å². The molecule has 0 bridgehead atoms. The van der Waals surface area contributed by atoms with Crippen LogP contribution in [-0.4, -0.2) is 30.9 Å². The molecule has 0 saturated carbocycles. The van der Waals surface area contributed by atoms with Crippen molar-refractivity contribution in [2.45, 2.75) is 20.4 Å². The Morgan fingerprint density at radius 1 is 1.24 bits per heavy atom. The van der Waals surface area contributed by atoms with E-state index in [1.165, 1.54) is 0 Å². The first-order valence-electron chi connectivity index (χ1n) is 7.01. The van der Waals surface area contributed by atoms with Crippen molar-refractivity contribution in [3.63, 3.8) is 0 Å². The van der Waals surface area contributed by atoms with Gasteiger partial charge in [0.1, 0.15) is 5.75 Å². The van der Waals surface area contributed by atoms with Gasteiger partial charge in [-0.15, -0.1) is 5.10 Å². The van der Waals surface area contributed by atoms with E-state index in [2.05, 4.69) is 29.4 Å². The number of ether oxygens (including phenoxy) is 1. The van der Waals surface area contributed by atoms with Crippen LogP contribution in [0.2, 0.25) is 0 Å². The summed E-state index contributed by atoms with van der Waals surface area (Å²) in [5.41, 5.74) is 0.959. The SMILES string of the molecule is COc1ccc(N(C)c2nnc(CNCC(C)C)o2)cc1. The molecule has 0 unspecified atom stereocenters. The van der Waals surface area contributed by atoms with Gasteiger partial charge < -0.3 is 14.5 Å². The first-order chi connectivity index (χ1) is 10.1. The largest absolute Gasteiger partial charge is 0.497 e. The molecule has 1 N–H and O–H groups in total. The maximum Gasteiger partial charge on any atom is 0.322 e. The molecule has 1 aromatic heterocycles. The summed E-state index contributed by atoms with van der Waals surface area (Å²) in [5, 5.41) is 11.4. The minimum absolute atomic E-state index is 0.474. The number of methoxy groups -OCH3 is 1. The molecule has 0 saturated heterocycles. The molecule has 2 rings (SSSR count). The third-order valence-corrected chi connectivity index (χ3v) is 3.03. The molecule has 0 aliphatic rings. The summed E-state index contributed by atoms with van der Waals surface area (Å²) in [6.45, 7) is 5.82. The van der Waals surface area contributed by atoms with Crippen molar-refractivity contribution in [2.24, 2.45) is 5.92 Å². The zero-order valence-corrected chi connectivity index (χ0v) is 13.0. The van der Waals surface area contributed by atoms with Crippen molar-refractivity contribution in [3.8, 4) is 5.75 Å². The second-order valence-corrected chi connectivity index (χ2v) is 5.26. The van der Waals surface area contributed by atoms with Crippen molar-refractivity contribution in [1.82, 2.24) is 15.5 Å². The van der Waals surface area contributed by atoms with Gasteiger partial charge in [0.25, 0.3) is 0 Å². The number of benzene rings is 1. The van der Waals surface area contributed by atoms with Crippen LogP contribution in [0.4, 0.5) is 11.7 Å². The third kappa shape index (κ3) is 4.19. The van der Waals surface area contributed by atoms with Crippen molar-refractivity contribution >= 4 is 11.7 Å². The summed E-state index contributed by atoms with van der Waals surface area (Å²) in [6, 6.07) is 8.15. The molecule has 6 heteroatoms. The van der Waals surface area contributed by atoms with Crippen LogP contribution >= 0.6 is 0 Å². The van der Waals surface area contributed by atoms with Gasteiger partial charge in [-0.25, -0.2) is 0 Å². The predicted molar refractivity (Wildman–Crippen MR) is 81.9 cm³/mol. The molecule has 0 aliphatic carbocycles. The highest BCUT2D eigenvalue weighted by Gasteiger charge is 2.12. The minimum atomic E-state index is 0.474. The third-order valence-electron chi connectivity index (χ3n) is 3.03. The average Bonchev–Trinajstić information content (AvgIpc) is 2.95. The van der Waals surface area contributed by atoms with Crippen molar-refractivity contribution in [1.29, 1.82) is 0 Å². The van der Waals surface area contributed by atoms with Gasteiger partial charge in [0.2, 0.25) is 5.89 Å². The molecular weight excluding hydrogens is 268 g/mol. The Morgan fingerprint density at radius 3 is 2.57 bits per heavy atom. The molecule has 0 aliphatic heterocycles. The molecule has 0 radical (unpaired) electrons. The Morgan fingerprint density at radius 2 is 1.95 bits per heavy atom. The molecule has 2 aromatic rings. The lowest BCUT2D eigenvalue weighted by Gasteiger charge is -2.14. The van der Waals surface area contributed by atoms with Gasteiger partial charge in [-0.05, 0) is 36.7 Å². The van der Waals surface area contributed by atoms with E-state index in [1.54, 1.807) is 7.11 Å². The standard InChI is InChI=1S/C15H22N4O2/c1-11(2)9-16-10-14-17-18-15(21-14)19(3)12-5-7-13(20-4)8-6-12/h5-8,11,16H,9-10H2,1-4H3. The van der Waals surface area contributed by atoms with Gasteiger partial charge >= 0.3 is 6.01 Å². The number of nitrogens with one attached hydrogen (secondary N) is 1.